The van der Waals surface area contributed by atoms with Gasteiger partial charge in [-0.3, -0.25) is 9.48 Å². The van der Waals surface area contributed by atoms with Crippen LogP contribution in [0.1, 0.15) is 38.6 Å². The van der Waals surface area contributed by atoms with Crippen molar-refractivity contribution in [3.05, 3.63) is 30.7 Å². The number of likely N-dealkylation sites (N-methyl/N-ethyl adjacent to an activating group) is 1. The van der Waals surface area contributed by atoms with Crippen molar-refractivity contribution in [1.29, 1.82) is 0 Å². The molecule has 1 N–H and O–H groups in total. The minimum Gasteiger partial charge on any atom is -0.357 e. The average Bonchev–Trinajstić information content (AvgIpc) is 3.58. The minimum atomic E-state index is -4.33. The highest BCUT2D eigenvalue weighted by Crippen LogP contribution is 2.55. The summed E-state index contributed by atoms with van der Waals surface area (Å²) in [5.74, 6) is 0.150. The summed E-state index contributed by atoms with van der Waals surface area (Å²) in [5.41, 5.74) is 2.18. The molecule has 3 aromatic rings. The number of quaternary nitrogens is 1. The number of anilines is 3. The van der Waals surface area contributed by atoms with Gasteiger partial charge in [-0.15, -0.1) is 5.10 Å². The third-order valence-corrected chi connectivity index (χ3v) is 9.93. The van der Waals surface area contributed by atoms with Crippen LogP contribution in [0, 0.1) is 0 Å². The molecule has 12 nitrogen and oxygen atoms in total. The van der Waals surface area contributed by atoms with Crippen LogP contribution in [0.25, 0.3) is 5.65 Å². The molecule has 2 amide bonds. The molecular formula is C28H36F3N10O2+. The fourth-order valence-corrected chi connectivity index (χ4v) is 7.63. The van der Waals surface area contributed by atoms with Crippen LogP contribution in [0.3, 0.4) is 0 Å². The van der Waals surface area contributed by atoms with E-state index >= 15 is 0 Å². The van der Waals surface area contributed by atoms with Crippen molar-refractivity contribution in [2.45, 2.75) is 63.0 Å². The van der Waals surface area contributed by atoms with Crippen molar-refractivity contribution in [2.75, 3.05) is 56.5 Å². The number of nitrogens with zero attached hydrogens (tertiary/aromatic N) is 9. The Balaban J connectivity index is 1.04. The highest BCUT2D eigenvalue weighted by molar-refractivity contribution is 5.80. The molecular weight excluding hydrogens is 565 g/mol. The smallest absolute Gasteiger partial charge is 0.357 e. The maximum Gasteiger partial charge on any atom is 0.389 e. The summed E-state index contributed by atoms with van der Waals surface area (Å²) in [7, 11) is 2.05. The van der Waals surface area contributed by atoms with Crippen molar-refractivity contribution in [3.8, 4) is 0 Å². The third kappa shape index (κ3) is 4.72. The van der Waals surface area contributed by atoms with E-state index in [1.807, 2.05) is 30.2 Å². The molecule has 3 unspecified atom stereocenters. The van der Waals surface area contributed by atoms with Crippen LogP contribution >= 0.6 is 0 Å². The number of rotatable bonds is 7. The van der Waals surface area contributed by atoms with Crippen molar-refractivity contribution in [3.63, 3.8) is 0 Å². The molecule has 4 saturated heterocycles. The summed E-state index contributed by atoms with van der Waals surface area (Å²) >= 11 is 0. The molecule has 0 bridgehead atoms. The van der Waals surface area contributed by atoms with Crippen LogP contribution in [-0.2, 0) is 9.59 Å². The number of hydrogen-bond donors (Lipinski definition) is 1. The molecule has 0 spiro atoms. The SMILES string of the molecule is CC(C(=O)N1CCN(C)CC1)n1cc(Nc2nc3c(N4CC5CC6CC(C4)[N+]65C(=O)CCC(F)(F)F)cccn3n2)cn1. The lowest BCUT2D eigenvalue weighted by molar-refractivity contribution is -1.01. The number of carbonyl (C=O) groups excluding carboxylic acids is 2. The first kappa shape index (κ1) is 28.1. The molecule has 230 valence electrons. The van der Waals surface area contributed by atoms with Crippen molar-refractivity contribution < 1.29 is 27.2 Å². The van der Waals surface area contributed by atoms with E-state index in [2.05, 4.69) is 32.4 Å². The second kappa shape index (κ2) is 10.2. The first-order chi connectivity index (χ1) is 20.5. The van der Waals surface area contributed by atoms with E-state index in [4.69, 9.17) is 4.98 Å². The van der Waals surface area contributed by atoms with E-state index < -0.39 is 25.1 Å². The third-order valence-electron chi connectivity index (χ3n) is 9.93. The molecule has 0 aliphatic carbocycles. The predicted molar refractivity (Wildman–Crippen MR) is 151 cm³/mol. The van der Waals surface area contributed by atoms with Crippen LogP contribution < -0.4 is 10.2 Å². The Morgan fingerprint density at radius 1 is 1.12 bits per heavy atom. The van der Waals surface area contributed by atoms with Gasteiger partial charge < -0.3 is 20.0 Å². The van der Waals surface area contributed by atoms with Crippen LogP contribution in [0.15, 0.2) is 30.7 Å². The van der Waals surface area contributed by atoms with Crippen LogP contribution in [0.4, 0.5) is 30.5 Å². The molecule has 0 aromatic carbocycles. The fourth-order valence-electron chi connectivity index (χ4n) is 7.63. The van der Waals surface area contributed by atoms with E-state index in [1.165, 1.54) is 0 Å². The summed E-state index contributed by atoms with van der Waals surface area (Å²) in [6.07, 6.45) is 1.11. The lowest BCUT2D eigenvalue weighted by atomic mass is 9.68. The second-order valence-electron chi connectivity index (χ2n) is 12.4. The minimum absolute atomic E-state index is 0.000362. The van der Waals surface area contributed by atoms with E-state index in [9.17, 15) is 22.8 Å². The van der Waals surface area contributed by atoms with Crippen molar-refractivity contribution >= 4 is 34.8 Å². The number of alkyl halides is 3. The van der Waals surface area contributed by atoms with Gasteiger partial charge in [0.2, 0.25) is 11.9 Å². The Morgan fingerprint density at radius 3 is 2.51 bits per heavy atom. The lowest BCUT2D eigenvalue weighted by Crippen LogP contribution is -2.90. The van der Waals surface area contributed by atoms with Gasteiger partial charge in [-0.2, -0.15) is 23.3 Å². The molecule has 4 aliphatic rings. The normalized spacial score (nSPS) is 27.8. The number of piperidine rings is 1. The quantitative estimate of drug-likeness (QED) is 0.412. The Hall–Kier alpha value is -3.72. The number of piperazine rings is 2. The largest absolute Gasteiger partial charge is 0.389 e. The lowest BCUT2D eigenvalue weighted by Gasteiger charge is -2.71. The standard InChI is InChI=1S/C28H36F3N10O2/c1-18(26(43)37-10-8-36(2)9-11-37)40-15-19(14-32-40)33-27-34-25-23(4-3-7-39(25)35-27)38-16-21-12-20-13-22(17-38)41(20,21)24(42)5-6-28(29,30)31/h3-4,7,14-15,18,20-22H,5-6,8-13,16-17H2,1-2H3,(H,33,35)/q+1. The van der Waals surface area contributed by atoms with Gasteiger partial charge in [-0.1, -0.05) is 0 Å². The molecule has 7 heterocycles. The zero-order chi connectivity index (χ0) is 30.1. The van der Waals surface area contributed by atoms with E-state index in [0.29, 0.717) is 43.5 Å². The van der Waals surface area contributed by atoms with Crippen LogP contribution in [-0.4, -0.2) is 121 Å². The van der Waals surface area contributed by atoms with Gasteiger partial charge in [-0.25, -0.2) is 13.8 Å². The highest BCUT2D eigenvalue weighted by Gasteiger charge is 2.73. The van der Waals surface area contributed by atoms with Gasteiger partial charge in [0.15, 0.2) is 5.65 Å². The highest BCUT2D eigenvalue weighted by atomic mass is 19.4. The van der Waals surface area contributed by atoms with E-state index in [1.54, 1.807) is 21.6 Å². The molecule has 0 saturated carbocycles. The molecule has 43 heavy (non-hydrogen) atoms. The summed E-state index contributed by atoms with van der Waals surface area (Å²) in [6, 6.07) is 3.58. The Kier molecular flexibility index (Phi) is 6.65. The van der Waals surface area contributed by atoms with Gasteiger partial charge in [0.1, 0.15) is 24.2 Å². The summed E-state index contributed by atoms with van der Waals surface area (Å²) in [5, 5.41) is 12.2. The molecule has 3 atom stereocenters. The Labute approximate surface area is 246 Å². The average molecular weight is 602 g/mol. The van der Waals surface area contributed by atoms with E-state index in [-0.39, 0.29) is 34.4 Å². The van der Waals surface area contributed by atoms with Crippen molar-refractivity contribution in [1.82, 2.24) is 34.2 Å². The molecule has 4 aliphatic heterocycles. The molecule has 15 heteroatoms. The van der Waals surface area contributed by atoms with Crippen LogP contribution in [0.2, 0.25) is 0 Å². The number of nitrogens with one attached hydrogen (secondary N) is 1. The number of halogens is 3. The zero-order valence-electron chi connectivity index (χ0n) is 24.2. The van der Waals surface area contributed by atoms with Gasteiger partial charge in [0.25, 0.3) is 0 Å². The molecule has 3 aromatic heterocycles. The number of hydrogen-bond acceptors (Lipinski definition) is 8. The van der Waals surface area contributed by atoms with E-state index in [0.717, 1.165) is 31.6 Å². The second-order valence-corrected chi connectivity index (χ2v) is 12.4. The summed E-state index contributed by atoms with van der Waals surface area (Å²) < 4.78 is 42.1. The number of carbonyl (C=O) groups is 2. The number of pyridine rings is 1. The molecule has 0 radical (unpaired) electrons. The molecule has 7 rings (SSSR count). The van der Waals surface area contributed by atoms with Gasteiger partial charge >= 0.3 is 12.1 Å². The molecule has 4 fully saturated rings. The fraction of sp³-hybridized carbons (Fsp3) is 0.607. The zero-order valence-corrected chi connectivity index (χ0v) is 24.2. The van der Waals surface area contributed by atoms with Gasteiger partial charge in [0.05, 0.1) is 56.3 Å². The number of fused-ring (bicyclic) bond motifs is 1. The monoisotopic (exact) mass is 601 g/mol. The topological polar surface area (TPSA) is 104 Å². The first-order valence-corrected chi connectivity index (χ1v) is 14.9. The maximum atomic E-state index is 13.1. The number of amides is 2. The van der Waals surface area contributed by atoms with Crippen molar-refractivity contribution in [2.24, 2.45) is 0 Å². The van der Waals surface area contributed by atoms with Gasteiger partial charge in [-0.05, 0) is 26.1 Å². The first-order valence-electron chi connectivity index (χ1n) is 14.9. The predicted octanol–water partition coefficient (Wildman–Crippen LogP) is 2.42. The number of aromatic nitrogens is 5. The van der Waals surface area contributed by atoms with Crippen LogP contribution in [0.5, 0.6) is 0 Å². The summed E-state index contributed by atoms with van der Waals surface area (Å²) in [6.45, 7) is 6.13. The maximum absolute atomic E-state index is 13.1. The Morgan fingerprint density at radius 2 is 1.84 bits per heavy atom. The van der Waals surface area contributed by atoms with Gasteiger partial charge in [0, 0.05) is 38.6 Å². The Bertz CT molecular complexity index is 1530. The summed E-state index contributed by atoms with van der Waals surface area (Å²) in [4.78, 5) is 37.1.